The molecule has 0 atom stereocenters. The summed E-state index contributed by atoms with van der Waals surface area (Å²) in [5.41, 5.74) is 0. The molecule has 0 aromatic rings. The molecule has 0 bridgehead atoms. The predicted octanol–water partition coefficient (Wildman–Crippen LogP) is 1.67. The van der Waals surface area contributed by atoms with E-state index in [1.807, 2.05) is 0 Å². The van der Waals surface area contributed by atoms with Crippen molar-refractivity contribution < 1.29 is 0 Å². The third-order valence-electron chi connectivity index (χ3n) is 2.07. The summed E-state index contributed by atoms with van der Waals surface area (Å²) in [6, 6.07) is 0. The lowest BCUT2D eigenvalue weighted by atomic mass is 10.3. The van der Waals surface area contributed by atoms with Gasteiger partial charge in [-0.05, 0) is 53.1 Å². The smallest absolute Gasteiger partial charge is 0.000667 e. The van der Waals surface area contributed by atoms with Crippen LogP contribution in [0.25, 0.3) is 0 Å². The van der Waals surface area contributed by atoms with Gasteiger partial charge in [0.25, 0.3) is 0 Å². The molecule has 0 aliphatic heterocycles. The van der Waals surface area contributed by atoms with Crippen LogP contribution in [0.4, 0.5) is 0 Å². The minimum absolute atomic E-state index is 1.20. The van der Waals surface area contributed by atoms with E-state index >= 15 is 0 Å². The Morgan fingerprint density at radius 1 is 0.917 bits per heavy atom. The summed E-state index contributed by atoms with van der Waals surface area (Å²) in [6.07, 6.45) is 2.57. The molecule has 0 fully saturated rings. The van der Waals surface area contributed by atoms with Crippen LogP contribution < -0.4 is 0 Å². The molecule has 0 unspecified atom stereocenters. The van der Waals surface area contributed by atoms with Gasteiger partial charge in [0.1, 0.15) is 0 Å². The van der Waals surface area contributed by atoms with Gasteiger partial charge in [-0.2, -0.15) is 0 Å². The van der Waals surface area contributed by atoms with E-state index in [1.54, 1.807) is 0 Å². The second kappa shape index (κ2) is 7.56. The van der Waals surface area contributed by atoms with Crippen molar-refractivity contribution in [3.63, 3.8) is 0 Å². The molecular weight excluding hydrogens is 148 g/mol. The fraction of sp³-hybridized carbons (Fsp3) is 1.00. The molecule has 0 aromatic carbocycles. The molecule has 12 heavy (non-hydrogen) atoms. The summed E-state index contributed by atoms with van der Waals surface area (Å²) >= 11 is 0. The molecule has 0 radical (unpaired) electrons. The largest absolute Gasteiger partial charge is 0.309 e. The van der Waals surface area contributed by atoms with Crippen molar-refractivity contribution in [1.82, 2.24) is 9.80 Å². The fourth-order valence-electron chi connectivity index (χ4n) is 1.35. The first kappa shape index (κ1) is 11.9. The predicted molar refractivity (Wildman–Crippen MR) is 55.6 cm³/mol. The van der Waals surface area contributed by atoms with E-state index in [1.165, 1.54) is 39.0 Å². The average molecular weight is 172 g/mol. The first-order chi connectivity index (χ1) is 5.70. The normalized spacial score (nSPS) is 11.5. The zero-order valence-electron chi connectivity index (χ0n) is 9.14. The molecular formula is C10H24N2. The molecule has 74 valence electrons. The Morgan fingerprint density at radius 2 is 1.58 bits per heavy atom. The molecule has 0 rings (SSSR count). The molecule has 2 nitrogen and oxygen atoms in total. The van der Waals surface area contributed by atoms with Gasteiger partial charge in [-0.15, -0.1) is 0 Å². The molecule has 0 saturated carbocycles. The van der Waals surface area contributed by atoms with Gasteiger partial charge in [-0.25, -0.2) is 0 Å². The number of hydrogen-bond donors (Lipinski definition) is 0. The summed E-state index contributed by atoms with van der Waals surface area (Å²) in [5.74, 6) is 0. The van der Waals surface area contributed by atoms with Gasteiger partial charge in [0.2, 0.25) is 0 Å². The Morgan fingerprint density at radius 3 is 2.00 bits per heavy atom. The Kier molecular flexibility index (Phi) is 7.51. The van der Waals surface area contributed by atoms with Gasteiger partial charge in [-0.1, -0.05) is 13.8 Å². The molecule has 2 heteroatoms. The van der Waals surface area contributed by atoms with Gasteiger partial charge in [-0.3, -0.25) is 0 Å². The van der Waals surface area contributed by atoms with Crippen molar-refractivity contribution >= 4 is 0 Å². The number of nitrogens with zero attached hydrogens (tertiary/aromatic N) is 2. The maximum Gasteiger partial charge on any atom is -0.000667 e. The first-order valence-electron chi connectivity index (χ1n) is 5.07. The van der Waals surface area contributed by atoms with Crippen LogP contribution in [0.15, 0.2) is 0 Å². The topological polar surface area (TPSA) is 6.48 Å². The zero-order valence-corrected chi connectivity index (χ0v) is 9.14. The standard InChI is InChI=1S/C10H24N2/c1-5-8-12(6-2)10-7-9-11(3)4/h5-10H2,1-4H3. The van der Waals surface area contributed by atoms with Crippen molar-refractivity contribution in [2.45, 2.75) is 26.7 Å². The van der Waals surface area contributed by atoms with E-state index in [0.717, 1.165) is 0 Å². The second-order valence-corrected chi connectivity index (χ2v) is 3.59. The molecule has 0 N–H and O–H groups in total. The second-order valence-electron chi connectivity index (χ2n) is 3.59. The monoisotopic (exact) mass is 172 g/mol. The van der Waals surface area contributed by atoms with Gasteiger partial charge in [0, 0.05) is 0 Å². The molecule has 0 aliphatic rings. The van der Waals surface area contributed by atoms with Gasteiger partial charge in [0.15, 0.2) is 0 Å². The highest BCUT2D eigenvalue weighted by Gasteiger charge is 1.99. The molecule has 0 aliphatic carbocycles. The van der Waals surface area contributed by atoms with Crippen LogP contribution in [0, 0.1) is 0 Å². The molecule has 0 amide bonds. The van der Waals surface area contributed by atoms with Crippen molar-refractivity contribution in [1.29, 1.82) is 0 Å². The SMILES string of the molecule is CCCN(CC)CCCN(C)C. The minimum atomic E-state index is 1.20. The van der Waals surface area contributed by atoms with Crippen LogP contribution in [-0.4, -0.2) is 50.1 Å². The summed E-state index contributed by atoms with van der Waals surface area (Å²) in [6.45, 7) is 9.40. The van der Waals surface area contributed by atoms with Crippen LogP contribution in [0.2, 0.25) is 0 Å². The Hall–Kier alpha value is -0.0800. The molecule has 0 heterocycles. The van der Waals surface area contributed by atoms with E-state index < -0.39 is 0 Å². The van der Waals surface area contributed by atoms with Crippen molar-refractivity contribution in [3.8, 4) is 0 Å². The quantitative estimate of drug-likeness (QED) is 0.576. The summed E-state index contributed by atoms with van der Waals surface area (Å²) in [5, 5.41) is 0. The number of hydrogen-bond acceptors (Lipinski definition) is 2. The highest BCUT2D eigenvalue weighted by atomic mass is 15.1. The fourth-order valence-corrected chi connectivity index (χ4v) is 1.35. The first-order valence-corrected chi connectivity index (χ1v) is 5.07. The van der Waals surface area contributed by atoms with Gasteiger partial charge >= 0.3 is 0 Å². The van der Waals surface area contributed by atoms with Crippen LogP contribution in [0.3, 0.4) is 0 Å². The molecule has 0 saturated heterocycles. The van der Waals surface area contributed by atoms with Gasteiger partial charge < -0.3 is 9.80 Å². The highest BCUT2D eigenvalue weighted by molar-refractivity contribution is 4.55. The summed E-state index contributed by atoms with van der Waals surface area (Å²) < 4.78 is 0. The van der Waals surface area contributed by atoms with E-state index in [-0.39, 0.29) is 0 Å². The third-order valence-corrected chi connectivity index (χ3v) is 2.07. The lowest BCUT2D eigenvalue weighted by Gasteiger charge is -2.20. The average Bonchev–Trinajstić information content (AvgIpc) is 2.02. The van der Waals surface area contributed by atoms with E-state index in [0.29, 0.717) is 0 Å². The van der Waals surface area contributed by atoms with Crippen LogP contribution in [-0.2, 0) is 0 Å². The summed E-state index contributed by atoms with van der Waals surface area (Å²) in [7, 11) is 4.27. The van der Waals surface area contributed by atoms with Gasteiger partial charge in [0.05, 0.1) is 0 Å². The van der Waals surface area contributed by atoms with Crippen LogP contribution >= 0.6 is 0 Å². The lowest BCUT2D eigenvalue weighted by molar-refractivity contribution is 0.267. The van der Waals surface area contributed by atoms with Crippen LogP contribution in [0.5, 0.6) is 0 Å². The highest BCUT2D eigenvalue weighted by Crippen LogP contribution is 1.93. The minimum Gasteiger partial charge on any atom is -0.309 e. The maximum absolute atomic E-state index is 2.52. The molecule has 0 spiro atoms. The van der Waals surface area contributed by atoms with Crippen molar-refractivity contribution in [3.05, 3.63) is 0 Å². The molecule has 0 aromatic heterocycles. The Balaban J connectivity index is 3.31. The van der Waals surface area contributed by atoms with Crippen LogP contribution in [0.1, 0.15) is 26.7 Å². The number of rotatable bonds is 7. The lowest BCUT2D eigenvalue weighted by Crippen LogP contribution is -2.27. The van der Waals surface area contributed by atoms with E-state index in [9.17, 15) is 0 Å². The Bertz CT molecular complexity index is 91.8. The van der Waals surface area contributed by atoms with E-state index in [4.69, 9.17) is 0 Å². The Labute approximate surface area is 77.5 Å². The van der Waals surface area contributed by atoms with Crippen molar-refractivity contribution in [2.75, 3.05) is 40.3 Å². The summed E-state index contributed by atoms with van der Waals surface area (Å²) in [4.78, 5) is 4.77. The van der Waals surface area contributed by atoms with Crippen molar-refractivity contribution in [2.24, 2.45) is 0 Å². The third kappa shape index (κ3) is 6.62. The zero-order chi connectivity index (χ0) is 9.40. The van der Waals surface area contributed by atoms with E-state index in [2.05, 4.69) is 37.7 Å². The maximum atomic E-state index is 2.52.